The minimum absolute atomic E-state index is 0.0510. The number of carbonyl (C=O) groups excluding carboxylic acids is 2. The lowest BCUT2D eigenvalue weighted by atomic mass is 9.83. The Balaban J connectivity index is 1.71. The zero-order valence-corrected chi connectivity index (χ0v) is 20.5. The van der Waals surface area contributed by atoms with Gasteiger partial charge in [-0.25, -0.2) is 0 Å². The predicted molar refractivity (Wildman–Crippen MR) is 156 cm³/mol. The van der Waals surface area contributed by atoms with Crippen molar-refractivity contribution in [3.63, 3.8) is 0 Å². The van der Waals surface area contributed by atoms with Crippen LogP contribution in [0.4, 0.5) is 0 Å². The highest BCUT2D eigenvalue weighted by molar-refractivity contribution is 6.33. The average Bonchev–Trinajstić information content (AvgIpc) is 2.98. The van der Waals surface area contributed by atoms with Crippen LogP contribution in [0, 0.1) is 0 Å². The number of hydrogen-bond acceptors (Lipinski definition) is 2. The topological polar surface area (TPSA) is 34.1 Å². The van der Waals surface area contributed by atoms with Gasteiger partial charge in [-0.2, -0.15) is 0 Å². The Morgan fingerprint density at radius 1 is 0.342 bits per heavy atom. The van der Waals surface area contributed by atoms with Gasteiger partial charge in [0.05, 0.1) is 0 Å². The molecule has 0 fully saturated rings. The van der Waals surface area contributed by atoms with Gasteiger partial charge in [0.2, 0.25) is 0 Å². The van der Waals surface area contributed by atoms with E-state index < -0.39 is 0 Å². The Bertz CT molecular complexity index is 1790. The van der Waals surface area contributed by atoms with Crippen LogP contribution in [0.3, 0.4) is 0 Å². The van der Waals surface area contributed by atoms with E-state index in [4.69, 9.17) is 0 Å². The largest absolute Gasteiger partial charge is 0.289 e. The van der Waals surface area contributed by atoms with Gasteiger partial charge in [0, 0.05) is 22.3 Å². The second-order valence-corrected chi connectivity index (χ2v) is 9.63. The summed E-state index contributed by atoms with van der Waals surface area (Å²) in [5, 5.41) is 7.28. The third-order valence-electron chi connectivity index (χ3n) is 7.38. The summed E-state index contributed by atoms with van der Waals surface area (Å²) in [7, 11) is 0. The fourth-order valence-electron chi connectivity index (χ4n) is 5.56. The molecule has 0 aliphatic carbocycles. The fourth-order valence-corrected chi connectivity index (χ4v) is 5.56. The predicted octanol–water partition coefficient (Wildman–Crippen LogP) is 8.76. The summed E-state index contributed by atoms with van der Waals surface area (Å²) in [4.78, 5) is 28.4. The highest BCUT2D eigenvalue weighted by atomic mass is 16.1. The quantitative estimate of drug-likeness (QED) is 0.184. The summed E-state index contributed by atoms with van der Waals surface area (Å²) >= 11 is 0. The zero-order valence-electron chi connectivity index (χ0n) is 20.5. The van der Waals surface area contributed by atoms with Gasteiger partial charge in [-0.1, -0.05) is 109 Å². The van der Waals surface area contributed by atoms with E-state index in [2.05, 4.69) is 48.5 Å². The monoisotopic (exact) mass is 486 g/mol. The molecule has 2 heteroatoms. The van der Waals surface area contributed by atoms with Crippen molar-refractivity contribution in [3.8, 4) is 0 Å². The van der Waals surface area contributed by atoms with Gasteiger partial charge >= 0.3 is 0 Å². The maximum Gasteiger partial charge on any atom is 0.194 e. The SMILES string of the molecule is O=C(c1ccccc1)c1c2cc3ccccc3cc2c(C(=O)c2ccccc2)c2cc3ccccc3cc12. The Labute approximate surface area is 219 Å². The van der Waals surface area contributed by atoms with Gasteiger partial charge in [0.15, 0.2) is 11.6 Å². The van der Waals surface area contributed by atoms with Crippen LogP contribution in [0.2, 0.25) is 0 Å². The van der Waals surface area contributed by atoms with E-state index in [-0.39, 0.29) is 11.6 Å². The van der Waals surface area contributed by atoms with E-state index in [0.717, 1.165) is 43.1 Å². The highest BCUT2D eigenvalue weighted by Gasteiger charge is 2.24. The van der Waals surface area contributed by atoms with E-state index in [1.54, 1.807) is 0 Å². The molecule has 0 amide bonds. The van der Waals surface area contributed by atoms with Crippen LogP contribution in [-0.2, 0) is 0 Å². The number of fused-ring (bicyclic) bond motifs is 4. The maximum atomic E-state index is 14.2. The number of carbonyl (C=O) groups is 2. The van der Waals surface area contributed by atoms with Gasteiger partial charge in [0.25, 0.3) is 0 Å². The molecule has 0 saturated carbocycles. The third kappa shape index (κ3) is 3.50. The first-order chi connectivity index (χ1) is 18.7. The van der Waals surface area contributed by atoms with Crippen LogP contribution in [0.15, 0.2) is 133 Å². The Morgan fingerprint density at radius 3 is 0.895 bits per heavy atom. The molecule has 0 N–H and O–H groups in total. The minimum atomic E-state index is -0.0510. The second kappa shape index (κ2) is 8.79. The molecule has 0 heterocycles. The molecule has 0 aromatic heterocycles. The van der Waals surface area contributed by atoms with Gasteiger partial charge in [-0.15, -0.1) is 0 Å². The molecular formula is C36H22O2. The molecule has 0 aliphatic heterocycles. The molecule has 0 saturated heterocycles. The third-order valence-corrected chi connectivity index (χ3v) is 7.38. The van der Waals surface area contributed by atoms with Crippen LogP contribution in [0.5, 0.6) is 0 Å². The molecule has 0 spiro atoms. The van der Waals surface area contributed by atoms with E-state index in [9.17, 15) is 9.59 Å². The van der Waals surface area contributed by atoms with Crippen molar-refractivity contribution in [2.24, 2.45) is 0 Å². The van der Waals surface area contributed by atoms with Crippen LogP contribution < -0.4 is 0 Å². The molecular weight excluding hydrogens is 464 g/mol. The lowest BCUT2D eigenvalue weighted by Gasteiger charge is -2.18. The summed E-state index contributed by atoms with van der Waals surface area (Å²) in [6.45, 7) is 0. The summed E-state index contributed by atoms with van der Waals surface area (Å²) in [5.41, 5.74) is 2.50. The molecule has 178 valence electrons. The van der Waals surface area contributed by atoms with Crippen LogP contribution in [-0.4, -0.2) is 11.6 Å². The molecule has 0 unspecified atom stereocenters. The smallest absolute Gasteiger partial charge is 0.194 e. The van der Waals surface area contributed by atoms with Crippen LogP contribution in [0.1, 0.15) is 31.8 Å². The lowest BCUT2D eigenvalue weighted by molar-refractivity contribution is 0.103. The van der Waals surface area contributed by atoms with E-state index >= 15 is 0 Å². The molecule has 0 radical (unpaired) electrons. The molecule has 0 atom stereocenters. The lowest BCUT2D eigenvalue weighted by Crippen LogP contribution is -2.09. The van der Waals surface area contributed by atoms with Crippen molar-refractivity contribution in [1.29, 1.82) is 0 Å². The number of rotatable bonds is 4. The molecule has 7 aromatic carbocycles. The number of hydrogen-bond donors (Lipinski definition) is 0. The fraction of sp³-hybridized carbons (Fsp3) is 0. The van der Waals surface area contributed by atoms with Crippen molar-refractivity contribution < 1.29 is 9.59 Å². The summed E-state index contributed by atoms with van der Waals surface area (Å²) in [5.74, 6) is -0.102. The first-order valence-electron chi connectivity index (χ1n) is 12.7. The van der Waals surface area contributed by atoms with Gasteiger partial charge < -0.3 is 0 Å². The first-order valence-corrected chi connectivity index (χ1v) is 12.7. The zero-order chi connectivity index (χ0) is 25.6. The molecule has 0 bridgehead atoms. The molecule has 7 aromatic rings. The van der Waals surface area contributed by atoms with Crippen LogP contribution in [0.25, 0.3) is 43.1 Å². The molecule has 7 rings (SSSR count). The summed E-state index contributed by atoms with van der Waals surface area (Å²) < 4.78 is 0. The Hall–Kier alpha value is -5.08. The summed E-state index contributed by atoms with van der Waals surface area (Å²) in [6, 6.07) is 43.2. The van der Waals surface area contributed by atoms with E-state index in [1.165, 1.54) is 0 Å². The average molecular weight is 487 g/mol. The van der Waals surface area contributed by atoms with Gasteiger partial charge in [-0.3, -0.25) is 9.59 Å². The minimum Gasteiger partial charge on any atom is -0.289 e. The van der Waals surface area contributed by atoms with Gasteiger partial charge in [0.1, 0.15) is 0 Å². The summed E-state index contributed by atoms with van der Waals surface area (Å²) in [6.07, 6.45) is 0. The van der Waals surface area contributed by atoms with E-state index in [1.807, 2.05) is 84.9 Å². The van der Waals surface area contributed by atoms with Crippen molar-refractivity contribution in [3.05, 3.63) is 156 Å². The first kappa shape index (κ1) is 22.1. The van der Waals surface area contributed by atoms with Crippen molar-refractivity contribution in [2.45, 2.75) is 0 Å². The highest BCUT2D eigenvalue weighted by Crippen LogP contribution is 2.39. The number of ketones is 2. The second-order valence-electron chi connectivity index (χ2n) is 9.63. The molecule has 0 aliphatic rings. The van der Waals surface area contributed by atoms with Gasteiger partial charge in [-0.05, 0) is 67.4 Å². The van der Waals surface area contributed by atoms with Crippen molar-refractivity contribution >= 4 is 54.7 Å². The Morgan fingerprint density at radius 2 is 0.605 bits per heavy atom. The van der Waals surface area contributed by atoms with Crippen molar-refractivity contribution in [2.75, 3.05) is 0 Å². The molecule has 38 heavy (non-hydrogen) atoms. The molecule has 2 nitrogen and oxygen atoms in total. The number of benzene rings is 7. The van der Waals surface area contributed by atoms with Crippen molar-refractivity contribution in [1.82, 2.24) is 0 Å². The normalized spacial score (nSPS) is 11.4. The standard InChI is InChI=1S/C36H22O2/c37-35(23-11-3-1-4-12-23)33-29-19-25-15-7-9-17-27(25)21-31(29)34(36(38)24-13-5-2-6-14-24)32-22-28-18-10-8-16-26(28)20-30(32)33/h1-22H. The van der Waals surface area contributed by atoms with E-state index in [0.29, 0.717) is 22.3 Å². The Kier molecular flexibility index (Phi) is 5.12. The van der Waals surface area contributed by atoms with Crippen LogP contribution >= 0.6 is 0 Å². The maximum absolute atomic E-state index is 14.2.